The number of hydrogen-bond acceptors (Lipinski definition) is 5. The van der Waals surface area contributed by atoms with Crippen molar-refractivity contribution in [1.29, 1.82) is 0 Å². The van der Waals surface area contributed by atoms with Crippen LogP contribution in [0.5, 0.6) is 0 Å². The minimum Gasteiger partial charge on any atom is -0.444 e. The van der Waals surface area contributed by atoms with Gasteiger partial charge in [-0.1, -0.05) is 0 Å². The van der Waals surface area contributed by atoms with E-state index in [1.54, 1.807) is 0 Å². The van der Waals surface area contributed by atoms with Crippen LogP contribution in [0.4, 0.5) is 0 Å². The number of nitrogens with one attached hydrogen (secondary N) is 1. The molecule has 0 fully saturated rings. The first-order chi connectivity index (χ1) is 7.28. The quantitative estimate of drug-likeness (QED) is 0.832. The van der Waals surface area contributed by atoms with Gasteiger partial charge in [0, 0.05) is 12.3 Å². The third-order valence-corrected chi connectivity index (χ3v) is 3.33. The number of aromatic nitrogens is 1. The van der Waals surface area contributed by atoms with Gasteiger partial charge >= 0.3 is 0 Å². The fourth-order valence-electron chi connectivity index (χ4n) is 1.39. The van der Waals surface area contributed by atoms with Crippen molar-refractivity contribution in [1.82, 2.24) is 10.3 Å². The van der Waals surface area contributed by atoms with Crippen LogP contribution in [-0.4, -0.2) is 31.5 Å². The molecular weight excluding hydrogens is 228 g/mol. The molecule has 0 aliphatic heterocycles. The van der Waals surface area contributed by atoms with E-state index in [1.807, 2.05) is 20.8 Å². The van der Waals surface area contributed by atoms with E-state index >= 15 is 0 Å². The van der Waals surface area contributed by atoms with Gasteiger partial charge in [0.15, 0.2) is 0 Å². The smallest absolute Gasteiger partial charge is 0.208 e. The Kier molecular flexibility index (Phi) is 4.09. The molecule has 0 bridgehead atoms. The maximum absolute atomic E-state index is 11.0. The van der Waals surface area contributed by atoms with Crippen LogP contribution in [0.2, 0.25) is 0 Å². The predicted molar refractivity (Wildman–Crippen MR) is 62.0 cm³/mol. The van der Waals surface area contributed by atoms with Gasteiger partial charge in [0.05, 0.1) is 18.0 Å². The van der Waals surface area contributed by atoms with Crippen LogP contribution in [0.1, 0.15) is 24.3 Å². The highest BCUT2D eigenvalue weighted by molar-refractivity contribution is 7.90. The van der Waals surface area contributed by atoms with Gasteiger partial charge in [0.1, 0.15) is 15.6 Å². The van der Waals surface area contributed by atoms with E-state index in [9.17, 15) is 8.42 Å². The summed E-state index contributed by atoms with van der Waals surface area (Å²) < 4.78 is 27.4. The molecule has 1 rings (SSSR count). The highest BCUT2D eigenvalue weighted by Crippen LogP contribution is 2.07. The highest BCUT2D eigenvalue weighted by atomic mass is 32.2. The molecule has 0 aliphatic carbocycles. The summed E-state index contributed by atoms with van der Waals surface area (Å²) in [6, 6.07) is -0.109. The molecule has 0 radical (unpaired) electrons. The van der Waals surface area contributed by atoms with Gasteiger partial charge in [0.2, 0.25) is 5.89 Å². The summed E-state index contributed by atoms with van der Waals surface area (Å²) in [6.45, 7) is 6.00. The Morgan fingerprint density at radius 1 is 1.44 bits per heavy atom. The van der Waals surface area contributed by atoms with Gasteiger partial charge in [0.25, 0.3) is 0 Å². The number of sulfone groups is 1. The second-order valence-corrected chi connectivity index (χ2v) is 6.31. The number of nitrogens with zero attached hydrogens (tertiary/aromatic N) is 1. The zero-order valence-corrected chi connectivity index (χ0v) is 10.9. The first kappa shape index (κ1) is 13.2. The maximum atomic E-state index is 11.0. The minimum atomic E-state index is -2.94. The molecule has 1 unspecified atom stereocenters. The standard InChI is InChI=1S/C10H18N2O3S/c1-7(6-16(4,13)14)11-5-10-12-8(2)9(3)15-10/h7,11H,5-6H2,1-4H3. The fourth-order valence-corrected chi connectivity index (χ4v) is 2.42. The Bertz CT molecular complexity index is 431. The molecule has 0 spiro atoms. The summed E-state index contributed by atoms with van der Waals surface area (Å²) in [7, 11) is -2.94. The summed E-state index contributed by atoms with van der Waals surface area (Å²) >= 11 is 0. The van der Waals surface area contributed by atoms with Crippen molar-refractivity contribution in [2.24, 2.45) is 0 Å². The third kappa shape index (κ3) is 4.32. The number of rotatable bonds is 5. The molecule has 5 nitrogen and oxygen atoms in total. The summed E-state index contributed by atoms with van der Waals surface area (Å²) in [6.07, 6.45) is 1.23. The van der Waals surface area contributed by atoms with Crippen molar-refractivity contribution in [2.75, 3.05) is 12.0 Å². The molecule has 1 atom stereocenters. The second-order valence-electron chi connectivity index (χ2n) is 4.12. The summed E-state index contributed by atoms with van der Waals surface area (Å²) in [5.41, 5.74) is 0.868. The largest absolute Gasteiger partial charge is 0.444 e. The van der Waals surface area contributed by atoms with Crippen LogP contribution in [0.3, 0.4) is 0 Å². The van der Waals surface area contributed by atoms with E-state index in [1.165, 1.54) is 6.26 Å². The first-order valence-corrected chi connectivity index (χ1v) is 7.18. The van der Waals surface area contributed by atoms with Crippen molar-refractivity contribution in [3.8, 4) is 0 Å². The van der Waals surface area contributed by atoms with Gasteiger partial charge in [-0.05, 0) is 20.8 Å². The van der Waals surface area contributed by atoms with Gasteiger partial charge in [-0.25, -0.2) is 13.4 Å². The second kappa shape index (κ2) is 4.97. The van der Waals surface area contributed by atoms with Crippen molar-refractivity contribution in [2.45, 2.75) is 33.4 Å². The third-order valence-electron chi connectivity index (χ3n) is 2.23. The number of oxazole rings is 1. The molecule has 0 aliphatic rings. The molecule has 1 aromatic heterocycles. The lowest BCUT2D eigenvalue weighted by Gasteiger charge is -2.10. The molecule has 0 amide bonds. The zero-order chi connectivity index (χ0) is 12.3. The molecule has 0 saturated heterocycles. The lowest BCUT2D eigenvalue weighted by molar-refractivity contribution is 0.435. The Hall–Kier alpha value is -0.880. The normalized spacial score (nSPS) is 14.0. The Balaban J connectivity index is 2.46. The van der Waals surface area contributed by atoms with Crippen molar-refractivity contribution < 1.29 is 12.8 Å². The Labute approximate surface area is 96.2 Å². The van der Waals surface area contributed by atoms with E-state index in [0.717, 1.165) is 11.5 Å². The van der Waals surface area contributed by atoms with Crippen molar-refractivity contribution >= 4 is 9.84 Å². The van der Waals surface area contributed by atoms with E-state index in [2.05, 4.69) is 10.3 Å². The van der Waals surface area contributed by atoms with Crippen LogP contribution in [0.15, 0.2) is 4.42 Å². The summed E-state index contributed by atoms with van der Waals surface area (Å²) in [5.74, 6) is 1.51. The lowest BCUT2D eigenvalue weighted by atomic mass is 10.4. The van der Waals surface area contributed by atoms with Gasteiger partial charge in [-0.2, -0.15) is 0 Å². The van der Waals surface area contributed by atoms with Crippen LogP contribution in [-0.2, 0) is 16.4 Å². The van der Waals surface area contributed by atoms with E-state index in [4.69, 9.17) is 4.42 Å². The SMILES string of the molecule is Cc1nc(CNC(C)CS(C)(=O)=O)oc1C. The Morgan fingerprint density at radius 2 is 2.06 bits per heavy atom. The predicted octanol–water partition coefficient (Wildman–Crippen LogP) is 0.814. The van der Waals surface area contributed by atoms with Crippen LogP contribution in [0, 0.1) is 13.8 Å². The van der Waals surface area contributed by atoms with E-state index in [-0.39, 0.29) is 11.8 Å². The topological polar surface area (TPSA) is 72.2 Å². The average molecular weight is 246 g/mol. The zero-order valence-electron chi connectivity index (χ0n) is 10.1. The minimum absolute atomic E-state index is 0.109. The molecule has 1 aromatic rings. The number of hydrogen-bond donors (Lipinski definition) is 1. The molecule has 16 heavy (non-hydrogen) atoms. The molecule has 0 saturated carbocycles. The van der Waals surface area contributed by atoms with Crippen LogP contribution in [0.25, 0.3) is 0 Å². The van der Waals surface area contributed by atoms with Crippen LogP contribution >= 0.6 is 0 Å². The molecular formula is C10H18N2O3S. The van der Waals surface area contributed by atoms with E-state index in [0.29, 0.717) is 12.4 Å². The van der Waals surface area contributed by atoms with Gasteiger partial charge in [-0.15, -0.1) is 0 Å². The highest BCUT2D eigenvalue weighted by Gasteiger charge is 2.11. The summed E-state index contributed by atoms with van der Waals surface area (Å²) in [5, 5.41) is 3.06. The summed E-state index contributed by atoms with van der Waals surface area (Å²) in [4.78, 5) is 4.20. The molecule has 0 aromatic carbocycles. The van der Waals surface area contributed by atoms with Gasteiger partial charge in [-0.3, -0.25) is 0 Å². The van der Waals surface area contributed by atoms with Crippen molar-refractivity contribution in [3.05, 3.63) is 17.3 Å². The first-order valence-electron chi connectivity index (χ1n) is 5.12. The maximum Gasteiger partial charge on any atom is 0.208 e. The number of aryl methyl sites for hydroxylation is 2. The Morgan fingerprint density at radius 3 is 2.50 bits per heavy atom. The molecule has 6 heteroatoms. The van der Waals surface area contributed by atoms with E-state index < -0.39 is 9.84 Å². The molecule has 92 valence electrons. The monoisotopic (exact) mass is 246 g/mol. The van der Waals surface area contributed by atoms with Crippen molar-refractivity contribution in [3.63, 3.8) is 0 Å². The lowest BCUT2D eigenvalue weighted by Crippen LogP contribution is -2.32. The van der Waals surface area contributed by atoms with Gasteiger partial charge < -0.3 is 9.73 Å². The molecule has 1 heterocycles. The fraction of sp³-hybridized carbons (Fsp3) is 0.700. The average Bonchev–Trinajstić information content (AvgIpc) is 2.40. The molecule has 1 N–H and O–H groups in total. The van der Waals surface area contributed by atoms with Crippen LogP contribution < -0.4 is 5.32 Å².